The predicted octanol–water partition coefficient (Wildman–Crippen LogP) is 7.31. The van der Waals surface area contributed by atoms with Crippen molar-refractivity contribution in [1.29, 1.82) is 0 Å². The van der Waals surface area contributed by atoms with Gasteiger partial charge in [-0.3, -0.25) is 9.59 Å². The lowest BCUT2D eigenvalue weighted by Crippen LogP contribution is -2.34. The Hall–Kier alpha value is -4.60. The Bertz CT molecular complexity index is 1690. The van der Waals surface area contributed by atoms with Crippen molar-refractivity contribution in [2.24, 2.45) is 5.92 Å². The minimum Gasteiger partial charge on any atom is -0.417 e. The van der Waals surface area contributed by atoms with E-state index in [0.717, 1.165) is 46.3 Å². The number of hydrogen-bond acceptors (Lipinski definition) is 5. The number of fused-ring (bicyclic) bond motifs is 3. The van der Waals surface area contributed by atoms with Crippen LogP contribution in [0, 0.1) is 12.8 Å². The second-order valence-electron chi connectivity index (χ2n) is 11.0. The third-order valence-electron chi connectivity index (χ3n) is 7.81. The number of piperidine rings is 1. The van der Waals surface area contributed by atoms with E-state index in [4.69, 9.17) is 4.42 Å². The zero-order valence-electron chi connectivity index (χ0n) is 23.1. The topological polar surface area (TPSA) is 87.5 Å². The van der Waals surface area contributed by atoms with Crippen LogP contribution in [0.2, 0.25) is 0 Å². The van der Waals surface area contributed by atoms with Gasteiger partial charge in [0, 0.05) is 30.0 Å². The monoisotopic (exact) mass is 574 g/mol. The van der Waals surface area contributed by atoms with Crippen molar-refractivity contribution in [3.05, 3.63) is 94.4 Å². The molecule has 0 radical (unpaired) electrons. The molecule has 2 heterocycles. The summed E-state index contributed by atoms with van der Waals surface area (Å²) in [4.78, 5) is 31.3. The summed E-state index contributed by atoms with van der Waals surface area (Å²) in [6.45, 7) is 4.97. The molecule has 0 spiro atoms. The Balaban J connectivity index is 1.20. The largest absolute Gasteiger partial charge is 0.437 e. The van der Waals surface area contributed by atoms with Gasteiger partial charge in [0.1, 0.15) is 0 Å². The number of aromatic nitrogens is 1. The van der Waals surface area contributed by atoms with E-state index in [1.54, 1.807) is 23.1 Å². The number of amides is 2. The number of nitrogens with zero attached hydrogens (tertiary/aromatic N) is 2. The van der Waals surface area contributed by atoms with Crippen molar-refractivity contribution in [1.82, 2.24) is 4.98 Å². The number of benzene rings is 3. The minimum absolute atomic E-state index is 0.189. The molecule has 1 aliphatic carbocycles. The fourth-order valence-electron chi connectivity index (χ4n) is 5.68. The molecular formula is C32H29F3N4O3. The molecule has 1 aromatic heterocycles. The Kier molecular flexibility index (Phi) is 7.00. The van der Waals surface area contributed by atoms with Gasteiger partial charge in [0.05, 0.1) is 0 Å². The molecule has 0 bridgehead atoms. The first-order valence-corrected chi connectivity index (χ1v) is 13.8. The smallest absolute Gasteiger partial charge is 0.417 e. The van der Waals surface area contributed by atoms with Crippen molar-refractivity contribution in [3.8, 4) is 11.1 Å². The van der Waals surface area contributed by atoms with E-state index in [0.29, 0.717) is 30.8 Å². The van der Waals surface area contributed by atoms with Crippen LogP contribution in [0.25, 0.3) is 11.1 Å². The van der Waals surface area contributed by atoms with Crippen LogP contribution in [0.3, 0.4) is 0 Å². The standard InChI is InChI=1S/C32H29F3N4O3/c1-18-6-5-13-39(17-18)31-38-28(32(33,34)35)27(42-31)30(41)36-23-10-12-25-22(16-23)15-21-14-20(9-11-24(21)25)29(40)37-26-8-4-3-7-19(26)2/h3-4,7-12,14,16,18H,5-6,13,15,17H2,1-2H3,(H,36,41)(H,37,40). The lowest BCUT2D eigenvalue weighted by Gasteiger charge is -2.29. The van der Waals surface area contributed by atoms with E-state index >= 15 is 0 Å². The first-order chi connectivity index (χ1) is 20.1. The molecule has 42 heavy (non-hydrogen) atoms. The van der Waals surface area contributed by atoms with Crippen molar-refractivity contribution < 1.29 is 27.2 Å². The maximum absolute atomic E-state index is 13.8. The van der Waals surface area contributed by atoms with Gasteiger partial charge in [-0.1, -0.05) is 37.3 Å². The molecule has 2 aliphatic rings. The molecule has 0 saturated carbocycles. The van der Waals surface area contributed by atoms with Crippen LogP contribution >= 0.6 is 0 Å². The second-order valence-corrected chi connectivity index (χ2v) is 11.0. The Morgan fingerprint density at radius 1 is 0.976 bits per heavy atom. The predicted molar refractivity (Wildman–Crippen MR) is 154 cm³/mol. The highest BCUT2D eigenvalue weighted by Crippen LogP contribution is 2.39. The van der Waals surface area contributed by atoms with Gasteiger partial charge in [-0.05, 0) is 90.3 Å². The summed E-state index contributed by atoms with van der Waals surface area (Å²) in [7, 11) is 0. The number of alkyl halides is 3. The van der Waals surface area contributed by atoms with Crippen LogP contribution < -0.4 is 15.5 Å². The number of halogens is 3. The quantitative estimate of drug-likeness (QED) is 0.230. The van der Waals surface area contributed by atoms with E-state index in [2.05, 4.69) is 15.6 Å². The summed E-state index contributed by atoms with van der Waals surface area (Å²) in [5, 5.41) is 5.50. The SMILES string of the molecule is Cc1ccccc1NC(=O)c1ccc2c(c1)Cc1cc(NC(=O)c3oc(N4CCCC(C)C4)nc3C(F)(F)F)ccc1-2. The number of nitrogens with one attached hydrogen (secondary N) is 2. The molecule has 1 atom stereocenters. The maximum Gasteiger partial charge on any atom is 0.437 e. The normalized spacial score (nSPS) is 16.1. The Morgan fingerprint density at radius 3 is 2.45 bits per heavy atom. The van der Waals surface area contributed by atoms with Gasteiger partial charge in [-0.15, -0.1) is 0 Å². The van der Waals surface area contributed by atoms with E-state index in [9.17, 15) is 22.8 Å². The fourth-order valence-corrected chi connectivity index (χ4v) is 5.68. The zero-order valence-corrected chi connectivity index (χ0v) is 23.1. The van der Waals surface area contributed by atoms with Gasteiger partial charge in [0.15, 0.2) is 5.69 Å². The van der Waals surface area contributed by atoms with Gasteiger partial charge >= 0.3 is 6.18 Å². The Labute approximate surface area is 240 Å². The number of anilines is 3. The Morgan fingerprint density at radius 2 is 1.71 bits per heavy atom. The molecule has 2 amide bonds. The van der Waals surface area contributed by atoms with E-state index in [-0.39, 0.29) is 17.8 Å². The molecular weight excluding hydrogens is 545 g/mol. The molecule has 1 saturated heterocycles. The summed E-state index contributed by atoms with van der Waals surface area (Å²) in [5.74, 6) is -1.81. The molecule has 1 aliphatic heterocycles. The van der Waals surface area contributed by atoms with Gasteiger partial charge in [0.25, 0.3) is 17.8 Å². The van der Waals surface area contributed by atoms with Crippen molar-refractivity contribution in [2.45, 2.75) is 39.3 Å². The van der Waals surface area contributed by atoms with Crippen LogP contribution in [0.15, 0.2) is 65.1 Å². The highest BCUT2D eigenvalue weighted by molar-refractivity contribution is 6.06. The van der Waals surface area contributed by atoms with E-state index in [1.807, 2.05) is 56.3 Å². The van der Waals surface area contributed by atoms with Crippen LogP contribution in [0.1, 0.15) is 63.1 Å². The number of carbonyl (C=O) groups is 2. The van der Waals surface area contributed by atoms with Crippen LogP contribution in [0.5, 0.6) is 0 Å². The number of hydrogen-bond donors (Lipinski definition) is 2. The molecule has 6 rings (SSSR count). The van der Waals surface area contributed by atoms with Crippen LogP contribution in [0.4, 0.5) is 30.6 Å². The van der Waals surface area contributed by atoms with Gasteiger partial charge in [-0.25, -0.2) is 0 Å². The molecule has 216 valence electrons. The summed E-state index contributed by atoms with van der Waals surface area (Å²) in [6, 6.07) is 18.0. The van der Waals surface area contributed by atoms with Gasteiger partial charge in [0.2, 0.25) is 5.76 Å². The molecule has 2 N–H and O–H groups in total. The number of carbonyl (C=O) groups excluding carboxylic acids is 2. The average Bonchev–Trinajstić information content (AvgIpc) is 3.56. The number of para-hydroxylation sites is 1. The minimum atomic E-state index is -4.85. The van der Waals surface area contributed by atoms with Gasteiger partial charge < -0.3 is 20.0 Å². The summed E-state index contributed by atoms with van der Waals surface area (Å²) in [5.41, 5.74) is 4.94. The third-order valence-corrected chi connectivity index (χ3v) is 7.81. The zero-order chi connectivity index (χ0) is 29.6. The number of aryl methyl sites for hydroxylation is 1. The molecule has 7 nitrogen and oxygen atoms in total. The van der Waals surface area contributed by atoms with E-state index in [1.165, 1.54) is 0 Å². The molecule has 3 aromatic carbocycles. The van der Waals surface area contributed by atoms with Crippen molar-refractivity contribution in [2.75, 3.05) is 28.6 Å². The first kappa shape index (κ1) is 27.6. The number of oxazole rings is 1. The van der Waals surface area contributed by atoms with Crippen molar-refractivity contribution in [3.63, 3.8) is 0 Å². The average molecular weight is 575 g/mol. The van der Waals surface area contributed by atoms with Crippen LogP contribution in [-0.4, -0.2) is 29.9 Å². The fraction of sp³-hybridized carbons (Fsp3) is 0.281. The third kappa shape index (κ3) is 5.36. The summed E-state index contributed by atoms with van der Waals surface area (Å²) >= 11 is 0. The summed E-state index contributed by atoms with van der Waals surface area (Å²) < 4.78 is 46.9. The first-order valence-electron chi connectivity index (χ1n) is 13.8. The number of rotatable bonds is 5. The van der Waals surface area contributed by atoms with Gasteiger partial charge in [-0.2, -0.15) is 18.2 Å². The maximum atomic E-state index is 13.8. The summed E-state index contributed by atoms with van der Waals surface area (Å²) in [6.07, 6.45) is -2.56. The lowest BCUT2D eigenvalue weighted by molar-refractivity contribution is -0.141. The van der Waals surface area contributed by atoms with E-state index < -0.39 is 23.5 Å². The van der Waals surface area contributed by atoms with Crippen LogP contribution in [-0.2, 0) is 12.6 Å². The lowest BCUT2D eigenvalue weighted by atomic mass is 10.0. The molecule has 4 aromatic rings. The highest BCUT2D eigenvalue weighted by Gasteiger charge is 2.42. The van der Waals surface area contributed by atoms with Crippen molar-refractivity contribution >= 4 is 29.2 Å². The molecule has 10 heteroatoms. The molecule has 1 unspecified atom stereocenters. The molecule has 1 fully saturated rings. The second kappa shape index (κ2) is 10.7. The highest BCUT2D eigenvalue weighted by atomic mass is 19.4.